The third-order valence-corrected chi connectivity index (χ3v) is 5.28. The van der Waals surface area contributed by atoms with E-state index in [1.54, 1.807) is 0 Å². The molecule has 0 amide bonds. The highest BCUT2D eigenvalue weighted by atomic mass is 79.9. The first-order valence-corrected chi connectivity index (χ1v) is 9.05. The molecule has 0 aromatic heterocycles. The monoisotopic (exact) mass is 337 g/mol. The summed E-state index contributed by atoms with van der Waals surface area (Å²) in [5.41, 5.74) is 1.42. The lowest BCUT2D eigenvalue weighted by Gasteiger charge is -2.33. The molecule has 1 aromatic rings. The summed E-state index contributed by atoms with van der Waals surface area (Å²) in [5.74, 6) is 0.887. The molecule has 1 fully saturated rings. The number of nitrogens with one attached hydrogen (secondary N) is 1. The maximum absolute atomic E-state index is 3.94. The van der Waals surface area contributed by atoms with E-state index in [4.69, 9.17) is 0 Å². The number of halogens is 1. The minimum atomic E-state index is 0.495. The van der Waals surface area contributed by atoms with Gasteiger partial charge >= 0.3 is 0 Å². The molecule has 2 unspecified atom stereocenters. The Kier molecular flexibility index (Phi) is 6.57. The second kappa shape index (κ2) is 8.19. The fourth-order valence-electron chi connectivity index (χ4n) is 3.53. The van der Waals surface area contributed by atoms with Gasteiger partial charge in [0.25, 0.3) is 0 Å². The van der Waals surface area contributed by atoms with E-state index in [0.717, 1.165) is 16.8 Å². The van der Waals surface area contributed by atoms with Gasteiger partial charge in [-0.25, -0.2) is 0 Å². The van der Waals surface area contributed by atoms with Crippen molar-refractivity contribution >= 4 is 15.9 Å². The molecule has 1 aliphatic rings. The zero-order valence-electron chi connectivity index (χ0n) is 12.9. The highest BCUT2D eigenvalue weighted by Crippen LogP contribution is 2.30. The smallest absolute Gasteiger partial charge is 0.0320 e. The van der Waals surface area contributed by atoms with Crippen LogP contribution in [0.5, 0.6) is 0 Å². The molecule has 0 heterocycles. The predicted octanol–water partition coefficient (Wildman–Crippen LogP) is 5.85. The zero-order chi connectivity index (χ0) is 14.4. The Labute approximate surface area is 132 Å². The van der Waals surface area contributed by atoms with Crippen molar-refractivity contribution in [2.24, 2.45) is 5.92 Å². The van der Waals surface area contributed by atoms with Crippen molar-refractivity contribution in [3.05, 3.63) is 34.3 Å². The summed E-state index contributed by atoms with van der Waals surface area (Å²) in [4.78, 5) is 0. The van der Waals surface area contributed by atoms with Gasteiger partial charge in [0.15, 0.2) is 0 Å². The van der Waals surface area contributed by atoms with E-state index in [1.165, 1.54) is 44.1 Å². The van der Waals surface area contributed by atoms with Gasteiger partial charge in [0.05, 0.1) is 0 Å². The second-order valence-corrected chi connectivity index (χ2v) is 7.01. The standard InChI is InChI=1S/C18H28BrN/c1-3-17(14-8-6-5-7-9-14)20-18(4-2)15-10-12-16(19)13-11-15/h10-14,17-18,20H,3-9H2,1-2H3. The highest BCUT2D eigenvalue weighted by Gasteiger charge is 2.24. The van der Waals surface area contributed by atoms with Crippen molar-refractivity contribution in [3.8, 4) is 0 Å². The van der Waals surface area contributed by atoms with Gasteiger partial charge in [0, 0.05) is 16.6 Å². The number of hydrogen-bond acceptors (Lipinski definition) is 1. The summed E-state index contributed by atoms with van der Waals surface area (Å²) in [6.45, 7) is 4.62. The summed E-state index contributed by atoms with van der Waals surface area (Å²) in [6.07, 6.45) is 9.54. The summed E-state index contributed by atoms with van der Waals surface area (Å²) in [5, 5.41) is 3.94. The molecule has 1 aliphatic carbocycles. The van der Waals surface area contributed by atoms with Gasteiger partial charge in [-0.1, -0.05) is 61.2 Å². The second-order valence-electron chi connectivity index (χ2n) is 6.09. The molecule has 0 aliphatic heterocycles. The maximum atomic E-state index is 3.94. The van der Waals surface area contributed by atoms with Crippen LogP contribution in [0.3, 0.4) is 0 Å². The molecule has 2 heteroatoms. The van der Waals surface area contributed by atoms with Crippen LogP contribution in [0.2, 0.25) is 0 Å². The van der Waals surface area contributed by atoms with Crippen LogP contribution in [0, 0.1) is 5.92 Å². The maximum Gasteiger partial charge on any atom is 0.0320 e. The van der Waals surface area contributed by atoms with Crippen LogP contribution in [-0.4, -0.2) is 6.04 Å². The van der Waals surface area contributed by atoms with E-state index in [1.807, 2.05) is 0 Å². The Bertz CT molecular complexity index is 381. The minimum Gasteiger partial charge on any atom is -0.307 e. The van der Waals surface area contributed by atoms with Gasteiger partial charge in [0.2, 0.25) is 0 Å². The van der Waals surface area contributed by atoms with E-state index in [2.05, 4.69) is 59.4 Å². The molecule has 2 rings (SSSR count). The van der Waals surface area contributed by atoms with Crippen LogP contribution in [0.4, 0.5) is 0 Å². The van der Waals surface area contributed by atoms with E-state index in [-0.39, 0.29) is 0 Å². The van der Waals surface area contributed by atoms with Crippen LogP contribution in [0.15, 0.2) is 28.7 Å². The van der Waals surface area contributed by atoms with Crippen LogP contribution in [0.1, 0.15) is 70.4 Å². The number of rotatable bonds is 6. The van der Waals surface area contributed by atoms with Crippen LogP contribution < -0.4 is 5.32 Å². The molecule has 2 atom stereocenters. The summed E-state index contributed by atoms with van der Waals surface area (Å²) >= 11 is 3.52. The molecule has 0 spiro atoms. The van der Waals surface area contributed by atoms with Gasteiger partial charge in [0.1, 0.15) is 0 Å². The molecule has 0 bridgehead atoms. The Morgan fingerprint density at radius 3 is 2.25 bits per heavy atom. The first-order chi connectivity index (χ1) is 9.74. The first-order valence-electron chi connectivity index (χ1n) is 8.26. The van der Waals surface area contributed by atoms with Crippen molar-refractivity contribution in [1.29, 1.82) is 0 Å². The molecular formula is C18H28BrN. The Balaban J connectivity index is 2.01. The molecule has 1 nitrogen and oxygen atoms in total. The quantitative estimate of drug-likeness (QED) is 0.686. The zero-order valence-corrected chi connectivity index (χ0v) is 14.5. The van der Waals surface area contributed by atoms with E-state index >= 15 is 0 Å². The number of benzene rings is 1. The van der Waals surface area contributed by atoms with Crippen molar-refractivity contribution in [2.75, 3.05) is 0 Å². The van der Waals surface area contributed by atoms with Gasteiger partial charge in [-0.2, -0.15) is 0 Å². The number of hydrogen-bond donors (Lipinski definition) is 1. The Hall–Kier alpha value is -0.340. The van der Waals surface area contributed by atoms with Gasteiger partial charge < -0.3 is 5.32 Å². The predicted molar refractivity (Wildman–Crippen MR) is 91.0 cm³/mol. The largest absolute Gasteiger partial charge is 0.307 e. The third-order valence-electron chi connectivity index (χ3n) is 4.75. The lowest BCUT2D eigenvalue weighted by Crippen LogP contribution is -2.39. The topological polar surface area (TPSA) is 12.0 Å². The van der Waals surface area contributed by atoms with E-state index < -0.39 is 0 Å². The van der Waals surface area contributed by atoms with Gasteiger partial charge in [-0.3, -0.25) is 0 Å². The normalized spacial score (nSPS) is 19.8. The molecule has 0 saturated heterocycles. The fourth-order valence-corrected chi connectivity index (χ4v) is 3.79. The average Bonchev–Trinajstić information content (AvgIpc) is 2.51. The highest BCUT2D eigenvalue weighted by molar-refractivity contribution is 9.10. The Morgan fingerprint density at radius 2 is 1.70 bits per heavy atom. The fraction of sp³-hybridized carbons (Fsp3) is 0.667. The molecule has 1 saturated carbocycles. The van der Waals surface area contributed by atoms with Crippen molar-refractivity contribution in [3.63, 3.8) is 0 Å². The lowest BCUT2D eigenvalue weighted by atomic mass is 9.82. The third kappa shape index (κ3) is 4.33. The summed E-state index contributed by atoms with van der Waals surface area (Å²) in [7, 11) is 0. The van der Waals surface area contributed by atoms with E-state index in [0.29, 0.717) is 12.1 Å². The van der Waals surface area contributed by atoms with E-state index in [9.17, 15) is 0 Å². The molecular weight excluding hydrogens is 310 g/mol. The first kappa shape index (κ1) is 16.0. The van der Waals surface area contributed by atoms with Crippen molar-refractivity contribution in [2.45, 2.75) is 70.9 Å². The SMILES string of the molecule is CCC(NC(CC)C1CCCCC1)c1ccc(Br)cc1. The van der Waals surface area contributed by atoms with Crippen LogP contribution in [0.25, 0.3) is 0 Å². The Morgan fingerprint density at radius 1 is 1.05 bits per heavy atom. The molecule has 20 heavy (non-hydrogen) atoms. The average molecular weight is 338 g/mol. The van der Waals surface area contributed by atoms with Gasteiger partial charge in [-0.05, 0) is 49.3 Å². The van der Waals surface area contributed by atoms with Crippen LogP contribution >= 0.6 is 15.9 Å². The van der Waals surface area contributed by atoms with Crippen molar-refractivity contribution in [1.82, 2.24) is 5.32 Å². The summed E-state index contributed by atoms with van der Waals surface area (Å²) in [6, 6.07) is 9.99. The van der Waals surface area contributed by atoms with Crippen LogP contribution in [-0.2, 0) is 0 Å². The lowest BCUT2D eigenvalue weighted by molar-refractivity contribution is 0.244. The van der Waals surface area contributed by atoms with Gasteiger partial charge in [-0.15, -0.1) is 0 Å². The van der Waals surface area contributed by atoms with Crippen molar-refractivity contribution < 1.29 is 0 Å². The molecule has 112 valence electrons. The molecule has 1 N–H and O–H groups in total. The minimum absolute atomic E-state index is 0.495. The molecule has 0 radical (unpaired) electrons. The molecule has 1 aromatic carbocycles. The summed E-state index contributed by atoms with van der Waals surface area (Å²) < 4.78 is 1.16.